The van der Waals surface area contributed by atoms with E-state index in [9.17, 15) is 8.42 Å². The van der Waals surface area contributed by atoms with Crippen molar-refractivity contribution in [2.45, 2.75) is 51.7 Å². The normalized spacial score (nSPS) is 26.4. The van der Waals surface area contributed by atoms with E-state index in [1.165, 1.54) is 0 Å². The molecular weight excluding hydrogens is 316 g/mol. The molecule has 0 aromatic carbocycles. The van der Waals surface area contributed by atoms with E-state index >= 15 is 0 Å². The predicted molar refractivity (Wildman–Crippen MR) is 87.3 cm³/mol. The van der Waals surface area contributed by atoms with Gasteiger partial charge >= 0.3 is 0 Å². The largest absolute Gasteiger partial charge is 0.465 e. The molecule has 0 spiro atoms. The lowest BCUT2D eigenvalue weighted by Gasteiger charge is -2.30. The fourth-order valence-electron chi connectivity index (χ4n) is 3.48. The van der Waals surface area contributed by atoms with Crippen LogP contribution in [0.3, 0.4) is 0 Å². The molecule has 3 heterocycles. The van der Waals surface area contributed by atoms with E-state index < -0.39 is 10.2 Å². The lowest BCUT2D eigenvalue weighted by molar-refractivity contribution is 0.0928. The van der Waals surface area contributed by atoms with Gasteiger partial charge in [-0.15, -0.1) is 0 Å². The van der Waals surface area contributed by atoms with Gasteiger partial charge in [0, 0.05) is 26.2 Å². The number of aryl methyl sites for hydroxylation is 1. The summed E-state index contributed by atoms with van der Waals surface area (Å²) in [5.41, 5.74) is 0. The molecule has 23 heavy (non-hydrogen) atoms. The summed E-state index contributed by atoms with van der Waals surface area (Å²) in [6.07, 6.45) is 3.65. The fraction of sp³-hybridized carbons (Fsp3) is 0.750. The van der Waals surface area contributed by atoms with Gasteiger partial charge in [-0.05, 0) is 44.7 Å². The maximum absolute atomic E-state index is 13.1. The highest BCUT2D eigenvalue weighted by molar-refractivity contribution is 7.86. The van der Waals surface area contributed by atoms with Crippen molar-refractivity contribution < 1.29 is 17.6 Å². The van der Waals surface area contributed by atoms with Crippen molar-refractivity contribution in [3.63, 3.8) is 0 Å². The van der Waals surface area contributed by atoms with E-state index in [1.54, 1.807) is 8.61 Å². The van der Waals surface area contributed by atoms with Gasteiger partial charge in [0.2, 0.25) is 0 Å². The number of likely N-dealkylation sites (N-methyl/N-ethyl adjacent to an activating group) is 1. The van der Waals surface area contributed by atoms with Crippen molar-refractivity contribution in [1.29, 1.82) is 0 Å². The quantitative estimate of drug-likeness (QED) is 0.797. The third-order valence-electron chi connectivity index (χ3n) is 4.70. The average molecular weight is 342 g/mol. The molecule has 2 atom stereocenters. The summed E-state index contributed by atoms with van der Waals surface area (Å²) in [4.78, 5) is 0. The molecule has 2 fully saturated rings. The Kier molecular flexibility index (Phi) is 5.10. The van der Waals surface area contributed by atoms with Crippen molar-refractivity contribution in [3.05, 3.63) is 23.7 Å². The molecule has 7 heteroatoms. The van der Waals surface area contributed by atoms with Crippen molar-refractivity contribution >= 4 is 10.2 Å². The summed E-state index contributed by atoms with van der Waals surface area (Å²) in [6, 6.07) is 3.60. The van der Waals surface area contributed by atoms with E-state index in [0.717, 1.165) is 43.8 Å². The van der Waals surface area contributed by atoms with Crippen LogP contribution in [0.1, 0.15) is 50.2 Å². The first kappa shape index (κ1) is 17.0. The van der Waals surface area contributed by atoms with Crippen molar-refractivity contribution in [2.24, 2.45) is 0 Å². The van der Waals surface area contributed by atoms with Crippen LogP contribution in [-0.2, 0) is 14.9 Å². The van der Waals surface area contributed by atoms with Gasteiger partial charge in [-0.3, -0.25) is 0 Å². The fourth-order valence-corrected chi connectivity index (χ4v) is 5.35. The van der Waals surface area contributed by atoms with Crippen LogP contribution in [0.2, 0.25) is 0 Å². The van der Waals surface area contributed by atoms with Crippen LogP contribution < -0.4 is 0 Å². The number of hydrogen-bond acceptors (Lipinski definition) is 4. The van der Waals surface area contributed by atoms with E-state index in [0.29, 0.717) is 19.6 Å². The monoisotopic (exact) mass is 342 g/mol. The Hall–Kier alpha value is -0.890. The van der Waals surface area contributed by atoms with Gasteiger partial charge in [-0.25, -0.2) is 0 Å². The Bertz CT molecular complexity index is 622. The minimum absolute atomic E-state index is 0.0247. The van der Waals surface area contributed by atoms with Gasteiger partial charge in [0.05, 0.1) is 12.1 Å². The van der Waals surface area contributed by atoms with E-state index in [2.05, 4.69) is 0 Å². The van der Waals surface area contributed by atoms with Gasteiger partial charge in [0.25, 0.3) is 10.2 Å². The Morgan fingerprint density at radius 2 is 2.13 bits per heavy atom. The molecule has 0 saturated carbocycles. The first-order chi connectivity index (χ1) is 11.0. The molecular formula is C16H26N2O4S. The van der Waals surface area contributed by atoms with Crippen LogP contribution in [0, 0.1) is 6.92 Å². The highest BCUT2D eigenvalue weighted by atomic mass is 32.2. The third kappa shape index (κ3) is 3.47. The van der Waals surface area contributed by atoms with Gasteiger partial charge in [0.15, 0.2) is 0 Å². The molecule has 0 radical (unpaired) electrons. The van der Waals surface area contributed by atoms with Gasteiger partial charge < -0.3 is 9.15 Å². The molecule has 2 aliphatic rings. The summed E-state index contributed by atoms with van der Waals surface area (Å²) < 4.78 is 40.7. The summed E-state index contributed by atoms with van der Waals surface area (Å²) >= 11 is 0. The summed E-state index contributed by atoms with van der Waals surface area (Å²) in [7, 11) is -3.50. The summed E-state index contributed by atoms with van der Waals surface area (Å²) in [6.45, 7) is 5.96. The van der Waals surface area contributed by atoms with Crippen molar-refractivity contribution in [2.75, 3.05) is 26.2 Å². The van der Waals surface area contributed by atoms with Gasteiger partial charge in [-0.2, -0.15) is 17.0 Å². The van der Waals surface area contributed by atoms with E-state index in [1.807, 2.05) is 26.0 Å². The maximum atomic E-state index is 13.1. The van der Waals surface area contributed by atoms with Crippen LogP contribution in [0.4, 0.5) is 0 Å². The molecule has 1 aromatic rings. The van der Waals surface area contributed by atoms with Crippen LogP contribution in [0.15, 0.2) is 16.5 Å². The first-order valence-electron chi connectivity index (χ1n) is 8.47. The van der Waals surface area contributed by atoms with Crippen molar-refractivity contribution in [1.82, 2.24) is 8.61 Å². The number of rotatable bonds is 6. The third-order valence-corrected chi connectivity index (χ3v) is 6.79. The number of hydrogen-bond donors (Lipinski definition) is 0. The molecule has 0 N–H and O–H groups in total. The standard InChI is InChI=1S/C16H26N2O4S/c1-3-17(12-14-6-5-11-21-14)23(19,20)18-10-4-7-15(18)16-9-8-13(2)22-16/h8-9,14-15H,3-7,10-12H2,1-2H3/t14-,15+/m1/s1. The Balaban J connectivity index is 1.78. The second kappa shape index (κ2) is 6.93. The lowest BCUT2D eigenvalue weighted by atomic mass is 10.2. The minimum atomic E-state index is -3.50. The zero-order chi connectivity index (χ0) is 16.4. The highest BCUT2D eigenvalue weighted by Gasteiger charge is 2.40. The summed E-state index contributed by atoms with van der Waals surface area (Å²) in [5, 5.41) is 0. The molecule has 0 aliphatic carbocycles. The minimum Gasteiger partial charge on any atom is -0.465 e. The smallest absolute Gasteiger partial charge is 0.282 e. The maximum Gasteiger partial charge on any atom is 0.282 e. The molecule has 0 bridgehead atoms. The Labute approximate surface area is 138 Å². The predicted octanol–water partition coefficient (Wildman–Crippen LogP) is 2.47. The van der Waals surface area contributed by atoms with E-state index in [-0.39, 0.29) is 12.1 Å². The molecule has 2 aliphatic heterocycles. The van der Waals surface area contributed by atoms with Crippen molar-refractivity contribution in [3.8, 4) is 0 Å². The van der Waals surface area contributed by atoms with Gasteiger partial charge in [-0.1, -0.05) is 6.92 Å². The zero-order valence-corrected chi connectivity index (χ0v) is 14.7. The Morgan fingerprint density at radius 1 is 1.30 bits per heavy atom. The first-order valence-corrected chi connectivity index (χ1v) is 9.87. The number of furan rings is 1. The summed E-state index contributed by atoms with van der Waals surface area (Å²) in [5.74, 6) is 1.56. The highest BCUT2D eigenvalue weighted by Crippen LogP contribution is 2.36. The molecule has 1 aromatic heterocycles. The topological polar surface area (TPSA) is 63.0 Å². The van der Waals surface area contributed by atoms with Crippen LogP contribution in [-0.4, -0.2) is 49.4 Å². The van der Waals surface area contributed by atoms with Gasteiger partial charge in [0.1, 0.15) is 11.5 Å². The molecule has 2 saturated heterocycles. The van der Waals surface area contributed by atoms with Crippen LogP contribution >= 0.6 is 0 Å². The lowest BCUT2D eigenvalue weighted by Crippen LogP contribution is -2.46. The second-order valence-corrected chi connectivity index (χ2v) is 8.19. The van der Waals surface area contributed by atoms with Crippen LogP contribution in [0.25, 0.3) is 0 Å². The molecule has 3 rings (SSSR count). The molecule has 130 valence electrons. The number of nitrogens with zero attached hydrogens (tertiary/aromatic N) is 2. The molecule has 0 amide bonds. The average Bonchev–Trinajstić information content (AvgIpc) is 3.25. The van der Waals surface area contributed by atoms with E-state index in [4.69, 9.17) is 9.15 Å². The zero-order valence-electron chi connectivity index (χ0n) is 13.9. The Morgan fingerprint density at radius 3 is 2.74 bits per heavy atom. The molecule has 6 nitrogen and oxygen atoms in total. The second-order valence-electron chi connectivity index (χ2n) is 6.31. The SMILES string of the molecule is CCN(C[C@H]1CCCO1)S(=O)(=O)N1CCC[C@H]1c1ccc(C)o1. The number of ether oxygens (including phenoxy) is 1. The van der Waals surface area contributed by atoms with Crippen LogP contribution in [0.5, 0.6) is 0 Å². The molecule has 0 unspecified atom stereocenters.